The van der Waals surface area contributed by atoms with E-state index in [2.05, 4.69) is 17.4 Å². The number of alkyl halides is 3. The Hall–Kier alpha value is -4.39. The zero-order valence-electron chi connectivity index (χ0n) is 19.2. The van der Waals surface area contributed by atoms with E-state index in [0.29, 0.717) is 12.0 Å². The van der Waals surface area contributed by atoms with Crippen LogP contribution in [-0.2, 0) is 11.2 Å². The van der Waals surface area contributed by atoms with E-state index in [0.717, 1.165) is 34.1 Å². The van der Waals surface area contributed by atoms with E-state index >= 15 is 0 Å². The molecule has 0 saturated carbocycles. The molecule has 4 aromatic rings. The molecule has 0 radical (unpaired) electrons. The summed E-state index contributed by atoms with van der Waals surface area (Å²) in [4.78, 5) is 24.2. The van der Waals surface area contributed by atoms with Crippen LogP contribution in [0.15, 0.2) is 103 Å². The molecule has 0 fully saturated rings. The third kappa shape index (κ3) is 7.84. The van der Waals surface area contributed by atoms with E-state index in [4.69, 9.17) is 0 Å². The fraction of sp³-hybridized carbons (Fsp3) is 0.103. The van der Waals surface area contributed by atoms with Gasteiger partial charge in [0.05, 0.1) is 6.04 Å². The summed E-state index contributed by atoms with van der Waals surface area (Å²) in [7, 11) is 0. The van der Waals surface area contributed by atoms with Crippen LogP contribution in [0.2, 0.25) is 0 Å². The molecule has 0 aliphatic rings. The lowest BCUT2D eigenvalue weighted by molar-refractivity contribution is -0.109. The van der Waals surface area contributed by atoms with E-state index in [1.54, 1.807) is 24.3 Å². The molecule has 1 atom stereocenters. The summed E-state index contributed by atoms with van der Waals surface area (Å²) in [5.41, 5.74) is 5.58. The van der Waals surface area contributed by atoms with Crippen LogP contribution >= 0.6 is 0 Å². The van der Waals surface area contributed by atoms with Crippen LogP contribution in [0.5, 0.6) is 5.75 Å². The molecule has 4 aromatic carbocycles. The Bertz CT molecular complexity index is 1240. The number of benzene rings is 4. The number of phenolic OH excluding ortho intramolecular Hbond substituents is 1. The van der Waals surface area contributed by atoms with Gasteiger partial charge in [-0.25, -0.2) is 0 Å². The highest BCUT2D eigenvalue weighted by Crippen LogP contribution is 2.22. The third-order valence-electron chi connectivity index (χ3n) is 5.35. The van der Waals surface area contributed by atoms with Crippen LogP contribution in [0.4, 0.5) is 13.2 Å². The Morgan fingerprint density at radius 3 is 1.67 bits per heavy atom. The van der Waals surface area contributed by atoms with E-state index in [-0.39, 0.29) is 11.7 Å². The zero-order chi connectivity index (χ0) is 25.9. The maximum absolute atomic E-state index is 12.6. The molecule has 0 saturated heterocycles. The second kappa shape index (κ2) is 12.9. The quantitative estimate of drug-likeness (QED) is 0.292. The number of halogens is 3. The van der Waals surface area contributed by atoms with Gasteiger partial charge in [0.1, 0.15) is 12.0 Å². The molecule has 1 amide bonds. The minimum absolute atomic E-state index is 0.208. The average Bonchev–Trinajstić information content (AvgIpc) is 2.89. The first kappa shape index (κ1) is 26.2. The van der Waals surface area contributed by atoms with Crippen molar-refractivity contribution >= 4 is 12.2 Å². The maximum atomic E-state index is 12.6. The molecule has 36 heavy (non-hydrogen) atoms. The van der Waals surface area contributed by atoms with Gasteiger partial charge in [-0.05, 0) is 58.5 Å². The van der Waals surface area contributed by atoms with Crippen molar-refractivity contribution in [2.24, 2.45) is 0 Å². The lowest BCUT2D eigenvalue weighted by Gasteiger charge is -2.14. The van der Waals surface area contributed by atoms with Crippen LogP contribution < -0.4 is 5.32 Å². The fourth-order valence-electron chi connectivity index (χ4n) is 3.57. The summed E-state index contributed by atoms with van der Waals surface area (Å²) in [6, 6.07) is 31.5. The number of phenols is 1. The minimum atomic E-state index is -3.67. The van der Waals surface area contributed by atoms with Crippen molar-refractivity contribution in [3.8, 4) is 28.0 Å². The van der Waals surface area contributed by atoms with Gasteiger partial charge in [0, 0.05) is 5.56 Å². The van der Waals surface area contributed by atoms with Crippen molar-refractivity contribution in [1.29, 1.82) is 0 Å². The number of hydrogen-bond acceptors (Lipinski definition) is 3. The number of rotatable bonds is 7. The first-order valence-corrected chi connectivity index (χ1v) is 11.1. The lowest BCUT2D eigenvalue weighted by atomic mass is 10.0. The number of carbonyl (C=O) groups is 2. The molecule has 0 spiro atoms. The van der Waals surface area contributed by atoms with Gasteiger partial charge in [0.15, 0.2) is 0 Å². The van der Waals surface area contributed by atoms with Gasteiger partial charge in [0.2, 0.25) is 0 Å². The van der Waals surface area contributed by atoms with Crippen LogP contribution in [0.1, 0.15) is 15.9 Å². The van der Waals surface area contributed by atoms with E-state index < -0.39 is 12.7 Å². The largest absolute Gasteiger partial charge is 0.508 e. The molecule has 4 nitrogen and oxygen atoms in total. The first-order chi connectivity index (χ1) is 17.4. The summed E-state index contributed by atoms with van der Waals surface area (Å²) in [6.45, 7) is -3.67. The van der Waals surface area contributed by atoms with Crippen molar-refractivity contribution in [1.82, 2.24) is 5.32 Å². The Morgan fingerprint density at radius 2 is 1.17 bits per heavy atom. The molecule has 4 rings (SSSR count). The number of carbonyl (C=O) groups excluding carboxylic acids is 2. The number of aromatic hydroxyl groups is 1. The summed E-state index contributed by atoms with van der Waals surface area (Å²) < 4.78 is 29.0. The molecule has 0 aliphatic carbocycles. The Balaban J connectivity index is 0.000000840. The number of aldehydes is 1. The Labute approximate surface area is 207 Å². The summed E-state index contributed by atoms with van der Waals surface area (Å²) in [6.07, 6.45) is 1.20. The third-order valence-corrected chi connectivity index (χ3v) is 5.35. The number of hydrogen-bond donors (Lipinski definition) is 2. The molecule has 0 unspecified atom stereocenters. The molecule has 7 heteroatoms. The minimum Gasteiger partial charge on any atom is -0.508 e. The van der Waals surface area contributed by atoms with Crippen molar-refractivity contribution in [2.45, 2.75) is 19.1 Å². The van der Waals surface area contributed by atoms with E-state index in [1.165, 1.54) is 0 Å². The molecular weight excluding hydrogens is 467 g/mol. The average molecular weight is 492 g/mol. The Morgan fingerprint density at radius 1 is 0.722 bits per heavy atom. The zero-order valence-corrected chi connectivity index (χ0v) is 19.2. The molecular formula is C29H24F3NO3. The molecule has 184 valence electrons. The van der Waals surface area contributed by atoms with Crippen molar-refractivity contribution in [2.75, 3.05) is 0 Å². The monoisotopic (exact) mass is 491 g/mol. The van der Waals surface area contributed by atoms with Crippen molar-refractivity contribution in [3.63, 3.8) is 0 Å². The summed E-state index contributed by atoms with van der Waals surface area (Å²) >= 11 is 0. The van der Waals surface area contributed by atoms with E-state index in [9.17, 15) is 27.9 Å². The second-order valence-corrected chi connectivity index (χ2v) is 7.85. The molecule has 0 aromatic heterocycles. The van der Waals surface area contributed by atoms with Gasteiger partial charge in [-0.2, -0.15) is 13.2 Å². The summed E-state index contributed by atoms with van der Waals surface area (Å²) in [5.74, 6) is -0.0837. The van der Waals surface area contributed by atoms with Gasteiger partial charge in [0.25, 0.3) is 5.91 Å². The van der Waals surface area contributed by atoms with Crippen LogP contribution in [0.25, 0.3) is 22.3 Å². The van der Waals surface area contributed by atoms with Crippen LogP contribution in [0, 0.1) is 0 Å². The highest BCUT2D eigenvalue weighted by atomic mass is 19.4. The highest BCUT2D eigenvalue weighted by molar-refractivity contribution is 5.96. The molecule has 0 bridgehead atoms. The topological polar surface area (TPSA) is 66.4 Å². The van der Waals surface area contributed by atoms with Crippen molar-refractivity contribution < 1.29 is 27.9 Å². The normalized spacial score (nSPS) is 11.2. The van der Waals surface area contributed by atoms with Crippen LogP contribution in [-0.4, -0.2) is 30.0 Å². The maximum Gasteiger partial charge on any atom is 0.379 e. The van der Waals surface area contributed by atoms with Crippen LogP contribution in [0.3, 0.4) is 0 Å². The van der Waals surface area contributed by atoms with Gasteiger partial charge in [-0.3, -0.25) is 4.79 Å². The standard InChI is InChI=1S/C28H23NO3.CHF3/c30-19-26(18-20-6-8-22(9-7-20)21-4-2-1-3-5-21)29-28(32)25-12-10-23(11-13-25)24-14-16-27(31)17-15-24;2-1(3)4/h1-17,19,26,31H,18H2,(H,29,32);1H/t26-;/m0./s1. The Kier molecular flexibility index (Phi) is 9.40. The first-order valence-electron chi connectivity index (χ1n) is 11.1. The molecule has 2 N–H and O–H groups in total. The van der Waals surface area contributed by atoms with Gasteiger partial charge < -0.3 is 15.2 Å². The van der Waals surface area contributed by atoms with Gasteiger partial charge >= 0.3 is 6.68 Å². The fourth-order valence-corrected chi connectivity index (χ4v) is 3.57. The van der Waals surface area contributed by atoms with Crippen molar-refractivity contribution in [3.05, 3.63) is 114 Å². The number of nitrogens with one attached hydrogen (secondary N) is 1. The number of amides is 1. The smallest absolute Gasteiger partial charge is 0.379 e. The molecule has 0 aliphatic heterocycles. The lowest BCUT2D eigenvalue weighted by Crippen LogP contribution is -2.37. The molecule has 0 heterocycles. The second-order valence-electron chi connectivity index (χ2n) is 7.85. The SMILES string of the molecule is FC(F)F.O=C[C@H](Cc1ccc(-c2ccccc2)cc1)NC(=O)c1ccc(-c2ccc(O)cc2)cc1. The predicted molar refractivity (Wildman–Crippen MR) is 134 cm³/mol. The van der Waals surface area contributed by atoms with Gasteiger partial charge in [-0.1, -0.05) is 78.9 Å². The summed E-state index contributed by atoms with van der Waals surface area (Å²) in [5, 5.41) is 12.2. The predicted octanol–water partition coefficient (Wildman–Crippen LogP) is 6.44. The van der Waals surface area contributed by atoms with E-state index in [1.807, 2.05) is 66.7 Å². The van der Waals surface area contributed by atoms with Gasteiger partial charge in [-0.15, -0.1) is 0 Å². The highest BCUT2D eigenvalue weighted by Gasteiger charge is 2.14.